The van der Waals surface area contributed by atoms with E-state index in [1.165, 1.54) is 12.1 Å². The Kier molecular flexibility index (Phi) is 4.94. The first-order chi connectivity index (χ1) is 11.4. The second-order valence-corrected chi connectivity index (χ2v) is 6.95. The molecule has 124 valence electrons. The zero-order valence-corrected chi connectivity index (χ0v) is 16.2. The molecule has 1 N–H and O–H groups in total. The number of aromatic nitrogens is 2. The highest BCUT2D eigenvalue weighted by Crippen LogP contribution is 2.34. The fourth-order valence-corrected chi connectivity index (χ4v) is 3.63. The third-order valence-corrected chi connectivity index (χ3v) is 4.89. The van der Waals surface area contributed by atoms with Crippen molar-refractivity contribution in [3.63, 3.8) is 0 Å². The number of para-hydroxylation sites is 1. The quantitative estimate of drug-likeness (QED) is 0.488. The highest BCUT2D eigenvalue weighted by Gasteiger charge is 2.19. The van der Waals surface area contributed by atoms with E-state index in [4.69, 9.17) is 11.6 Å². The van der Waals surface area contributed by atoms with Crippen molar-refractivity contribution < 1.29 is 8.78 Å². The van der Waals surface area contributed by atoms with E-state index in [2.05, 4.69) is 42.3 Å². The molecule has 8 heteroatoms. The summed E-state index contributed by atoms with van der Waals surface area (Å²) in [5, 5.41) is 0.480. The third kappa shape index (κ3) is 3.20. The fourth-order valence-electron chi connectivity index (χ4n) is 2.31. The van der Waals surface area contributed by atoms with Gasteiger partial charge in [0, 0.05) is 16.1 Å². The lowest BCUT2D eigenvalue weighted by Crippen LogP contribution is -2.12. The van der Waals surface area contributed by atoms with Gasteiger partial charge in [0.15, 0.2) is 4.73 Å². The van der Waals surface area contributed by atoms with Crippen LogP contribution in [0.25, 0.3) is 11.3 Å². The molecule has 0 saturated carbocycles. The molecule has 0 amide bonds. The van der Waals surface area contributed by atoms with Gasteiger partial charge in [0.05, 0.1) is 22.1 Å². The van der Waals surface area contributed by atoms with E-state index in [0.29, 0.717) is 26.8 Å². The topological polar surface area (TPSA) is 29.9 Å². The van der Waals surface area contributed by atoms with Crippen LogP contribution in [0.15, 0.2) is 45.6 Å². The maximum absolute atomic E-state index is 14.2. The van der Waals surface area contributed by atoms with E-state index in [-0.39, 0.29) is 5.56 Å². The maximum Gasteiger partial charge on any atom is 0.196 e. The zero-order chi connectivity index (χ0) is 17.4. The van der Waals surface area contributed by atoms with E-state index in [0.717, 1.165) is 10.5 Å². The molecular formula is C16H10Br2ClF2N3. The van der Waals surface area contributed by atoms with Gasteiger partial charge in [-0.2, -0.15) is 0 Å². The normalized spacial score (nSPS) is 10.9. The standard InChI is InChI=1S/C16H10Br2ClF2N3/c1-8-15(10-6-5-9(20)7-13(10)21)24(16(18)22-8)23-14-11(17)3-2-4-12(14)19/h2-7,23H,1H3. The number of nitrogens with zero attached hydrogens (tertiary/aromatic N) is 2. The van der Waals surface area contributed by atoms with Gasteiger partial charge in [-0.1, -0.05) is 17.7 Å². The molecule has 0 aliphatic heterocycles. The Labute approximate surface area is 158 Å². The molecule has 0 fully saturated rings. The molecule has 2 aromatic carbocycles. The van der Waals surface area contributed by atoms with Crippen molar-refractivity contribution in [2.45, 2.75) is 6.92 Å². The van der Waals surface area contributed by atoms with Crippen LogP contribution in [0.3, 0.4) is 0 Å². The molecule has 0 unspecified atom stereocenters. The SMILES string of the molecule is Cc1nc(Br)n(Nc2c(Cl)cccc2Br)c1-c1ccc(F)cc1F. The Morgan fingerprint density at radius 2 is 1.92 bits per heavy atom. The Morgan fingerprint density at radius 3 is 2.58 bits per heavy atom. The summed E-state index contributed by atoms with van der Waals surface area (Å²) < 4.78 is 30.2. The van der Waals surface area contributed by atoms with Crippen LogP contribution in [0, 0.1) is 18.6 Å². The number of benzene rings is 2. The van der Waals surface area contributed by atoms with Crippen LogP contribution < -0.4 is 5.43 Å². The van der Waals surface area contributed by atoms with Crippen molar-refractivity contribution in [2.75, 3.05) is 5.43 Å². The average molecular weight is 478 g/mol. The summed E-state index contributed by atoms with van der Waals surface area (Å²) in [5.74, 6) is -1.31. The van der Waals surface area contributed by atoms with Gasteiger partial charge >= 0.3 is 0 Å². The first-order valence-electron chi connectivity index (χ1n) is 6.79. The van der Waals surface area contributed by atoms with Gasteiger partial charge in [0.1, 0.15) is 11.6 Å². The molecule has 0 atom stereocenters. The van der Waals surface area contributed by atoms with Crippen molar-refractivity contribution in [1.29, 1.82) is 0 Å². The molecule has 0 aliphatic carbocycles. The van der Waals surface area contributed by atoms with Gasteiger partial charge in [-0.05, 0) is 63.0 Å². The van der Waals surface area contributed by atoms with Gasteiger partial charge in [-0.15, -0.1) is 0 Å². The van der Waals surface area contributed by atoms with Crippen LogP contribution in [-0.2, 0) is 0 Å². The first-order valence-corrected chi connectivity index (χ1v) is 8.76. The number of aryl methyl sites for hydroxylation is 1. The van der Waals surface area contributed by atoms with Crippen LogP contribution in [-0.4, -0.2) is 9.66 Å². The Hall–Kier alpha value is -1.44. The second-order valence-electron chi connectivity index (χ2n) is 4.98. The average Bonchev–Trinajstić information content (AvgIpc) is 2.77. The minimum Gasteiger partial charge on any atom is -0.289 e. The van der Waals surface area contributed by atoms with Gasteiger partial charge in [-0.25, -0.2) is 18.4 Å². The highest BCUT2D eigenvalue weighted by atomic mass is 79.9. The van der Waals surface area contributed by atoms with Crippen LogP contribution in [0.2, 0.25) is 5.02 Å². The number of rotatable bonds is 3. The van der Waals surface area contributed by atoms with E-state index in [9.17, 15) is 8.78 Å². The summed E-state index contributed by atoms with van der Waals surface area (Å²) in [5.41, 5.74) is 4.97. The van der Waals surface area contributed by atoms with Crippen molar-refractivity contribution in [1.82, 2.24) is 9.66 Å². The van der Waals surface area contributed by atoms with Gasteiger partial charge < -0.3 is 0 Å². The Bertz CT molecular complexity index is 908. The van der Waals surface area contributed by atoms with E-state index >= 15 is 0 Å². The van der Waals surface area contributed by atoms with Gasteiger partial charge in [0.25, 0.3) is 0 Å². The summed E-state index contributed by atoms with van der Waals surface area (Å²) in [4.78, 5) is 4.30. The van der Waals surface area contributed by atoms with Crippen molar-refractivity contribution in [3.8, 4) is 11.3 Å². The number of nitrogens with one attached hydrogen (secondary N) is 1. The number of hydrogen-bond donors (Lipinski definition) is 1. The molecule has 0 saturated heterocycles. The number of imidazole rings is 1. The Balaban J connectivity index is 2.16. The lowest BCUT2D eigenvalue weighted by Gasteiger charge is -2.16. The van der Waals surface area contributed by atoms with Crippen LogP contribution in [0.5, 0.6) is 0 Å². The van der Waals surface area contributed by atoms with Crippen molar-refractivity contribution in [3.05, 3.63) is 68.0 Å². The van der Waals surface area contributed by atoms with E-state index in [1.54, 1.807) is 23.7 Å². The molecule has 1 aromatic heterocycles. The van der Waals surface area contributed by atoms with Crippen LogP contribution in [0.1, 0.15) is 5.69 Å². The molecular weight excluding hydrogens is 467 g/mol. The molecule has 0 spiro atoms. The highest BCUT2D eigenvalue weighted by molar-refractivity contribution is 9.10. The summed E-state index contributed by atoms with van der Waals surface area (Å²) >= 11 is 13.0. The predicted octanol–water partition coefficient (Wildman–Crippen LogP) is 6.19. The van der Waals surface area contributed by atoms with Crippen molar-refractivity contribution in [2.24, 2.45) is 0 Å². The van der Waals surface area contributed by atoms with E-state index < -0.39 is 11.6 Å². The molecule has 0 bridgehead atoms. The van der Waals surface area contributed by atoms with Crippen LogP contribution in [0.4, 0.5) is 14.5 Å². The van der Waals surface area contributed by atoms with Gasteiger partial charge in [-0.3, -0.25) is 5.43 Å². The summed E-state index contributed by atoms with van der Waals surface area (Å²) in [6.07, 6.45) is 0. The fraction of sp³-hybridized carbons (Fsp3) is 0.0625. The molecule has 3 rings (SSSR count). The number of hydrogen-bond acceptors (Lipinski definition) is 2. The van der Waals surface area contributed by atoms with Crippen molar-refractivity contribution >= 4 is 49.1 Å². The summed E-state index contributed by atoms with van der Waals surface area (Å²) in [6.45, 7) is 1.74. The first kappa shape index (κ1) is 17.4. The molecule has 3 aromatic rings. The molecule has 24 heavy (non-hydrogen) atoms. The predicted molar refractivity (Wildman–Crippen MR) is 98.2 cm³/mol. The minimum absolute atomic E-state index is 0.225. The summed E-state index contributed by atoms with van der Waals surface area (Å²) in [7, 11) is 0. The third-order valence-electron chi connectivity index (χ3n) is 3.38. The minimum atomic E-state index is -0.674. The molecule has 1 heterocycles. The molecule has 0 aliphatic rings. The van der Waals surface area contributed by atoms with Gasteiger partial charge in [0.2, 0.25) is 0 Å². The zero-order valence-electron chi connectivity index (χ0n) is 12.2. The molecule has 3 nitrogen and oxygen atoms in total. The number of halogens is 5. The lowest BCUT2D eigenvalue weighted by molar-refractivity contribution is 0.584. The smallest absolute Gasteiger partial charge is 0.196 e. The monoisotopic (exact) mass is 475 g/mol. The Morgan fingerprint density at radius 1 is 1.17 bits per heavy atom. The lowest BCUT2D eigenvalue weighted by atomic mass is 10.1. The summed E-state index contributed by atoms with van der Waals surface area (Å²) in [6, 6.07) is 8.77. The van der Waals surface area contributed by atoms with E-state index in [1.807, 2.05) is 6.07 Å². The maximum atomic E-state index is 14.2. The number of anilines is 1. The molecule has 0 radical (unpaired) electrons. The van der Waals surface area contributed by atoms with Crippen LogP contribution >= 0.6 is 43.5 Å². The second kappa shape index (κ2) is 6.82. The largest absolute Gasteiger partial charge is 0.289 e.